The van der Waals surface area contributed by atoms with Crippen LogP contribution in [-0.2, 0) is 11.2 Å². The first-order valence-corrected chi connectivity index (χ1v) is 11.2. The molecule has 1 aliphatic heterocycles. The number of ether oxygens (including phenoxy) is 1. The van der Waals surface area contributed by atoms with Gasteiger partial charge in [-0.2, -0.15) is 0 Å². The van der Waals surface area contributed by atoms with E-state index >= 15 is 0 Å². The fraction of sp³-hybridized carbons (Fsp3) is 0.480. The molecule has 1 atom stereocenters. The van der Waals surface area contributed by atoms with Crippen LogP contribution in [0.15, 0.2) is 46.9 Å². The summed E-state index contributed by atoms with van der Waals surface area (Å²) in [6, 6.07) is 6.40. The Morgan fingerprint density at radius 2 is 2.14 bits per heavy atom. The topological polar surface area (TPSA) is 53.2 Å². The third-order valence-corrected chi connectivity index (χ3v) is 6.18. The molecule has 154 valence electrons. The Morgan fingerprint density at radius 1 is 1.24 bits per heavy atom. The molecule has 0 fully saturated rings. The number of fused-ring (bicyclic) bond motifs is 1. The Balaban J connectivity index is 1.64. The first-order chi connectivity index (χ1) is 14.3. The number of H-pyrrole nitrogens is 2. The number of unbranched alkanes of at least 4 members (excludes halogenated alkanes) is 1. The molecule has 2 N–H and O–H groups in total. The Hall–Kier alpha value is -2.49. The fourth-order valence-corrected chi connectivity index (χ4v) is 4.59. The van der Waals surface area contributed by atoms with E-state index in [0.717, 1.165) is 35.0 Å². The second-order valence-electron chi connectivity index (χ2n) is 8.27. The summed E-state index contributed by atoms with van der Waals surface area (Å²) in [6.07, 6.45) is 17.8. The van der Waals surface area contributed by atoms with E-state index in [1.54, 1.807) is 12.7 Å². The number of hydrogen-bond donors (Lipinski definition) is 2. The summed E-state index contributed by atoms with van der Waals surface area (Å²) in [7, 11) is 1.71. The molecule has 0 bridgehead atoms. The van der Waals surface area contributed by atoms with Crippen LogP contribution in [-0.4, -0.2) is 22.8 Å². The summed E-state index contributed by atoms with van der Waals surface area (Å²) in [5.74, 6) is 1.50. The third kappa shape index (κ3) is 4.58. The number of aryl methyl sites for hydroxylation is 1. The molecule has 2 aromatic heterocycles. The molecule has 2 aliphatic rings. The smallest absolute Gasteiger partial charge is 0.146 e. The average molecular weight is 392 g/mol. The van der Waals surface area contributed by atoms with Gasteiger partial charge in [-0.1, -0.05) is 39.0 Å². The summed E-state index contributed by atoms with van der Waals surface area (Å²) >= 11 is 0. The Bertz CT molecular complexity index is 899. The van der Waals surface area contributed by atoms with Crippen molar-refractivity contribution in [2.75, 3.05) is 7.11 Å². The van der Waals surface area contributed by atoms with Gasteiger partial charge in [-0.05, 0) is 61.4 Å². The van der Waals surface area contributed by atoms with E-state index in [0.29, 0.717) is 5.92 Å². The average Bonchev–Trinajstić information content (AvgIpc) is 3.46. The standard InChI is InChI=1S/C25H33N3O/c1-3-4-10-18-11-7-5-6-8-12-21-20(18)15-19(27-21)16-24-25(29-2)17-23(28-24)22-13-9-14-26-22/h9,13-18,26-27H,3-8,10-12H2,1-2H3/t18-/m0/s1. The van der Waals surface area contributed by atoms with Crippen molar-refractivity contribution in [2.24, 2.45) is 4.99 Å². The zero-order valence-electron chi connectivity index (χ0n) is 17.8. The van der Waals surface area contributed by atoms with Crippen LogP contribution in [0.3, 0.4) is 0 Å². The molecule has 3 heterocycles. The first kappa shape index (κ1) is 19.8. The van der Waals surface area contributed by atoms with Crippen LogP contribution in [0.4, 0.5) is 0 Å². The highest BCUT2D eigenvalue weighted by Crippen LogP contribution is 2.34. The lowest BCUT2D eigenvalue weighted by Crippen LogP contribution is -2.01. The molecule has 0 spiro atoms. The first-order valence-electron chi connectivity index (χ1n) is 11.2. The lowest BCUT2D eigenvalue weighted by atomic mass is 9.89. The number of aromatic amines is 2. The van der Waals surface area contributed by atoms with E-state index < -0.39 is 0 Å². The van der Waals surface area contributed by atoms with Crippen LogP contribution >= 0.6 is 0 Å². The van der Waals surface area contributed by atoms with Gasteiger partial charge in [-0.25, -0.2) is 4.99 Å². The van der Waals surface area contributed by atoms with Crippen molar-refractivity contribution in [1.82, 2.24) is 9.97 Å². The highest BCUT2D eigenvalue weighted by Gasteiger charge is 2.21. The molecule has 0 saturated heterocycles. The number of aromatic nitrogens is 2. The molecule has 1 aliphatic carbocycles. The minimum atomic E-state index is 0.686. The molecule has 4 nitrogen and oxygen atoms in total. The molecular weight excluding hydrogens is 358 g/mol. The second kappa shape index (κ2) is 9.34. The second-order valence-corrected chi connectivity index (χ2v) is 8.27. The molecule has 0 aromatic carbocycles. The van der Waals surface area contributed by atoms with Crippen molar-refractivity contribution in [3.8, 4) is 0 Å². The van der Waals surface area contributed by atoms with E-state index in [1.807, 2.05) is 24.4 Å². The van der Waals surface area contributed by atoms with Crippen LogP contribution in [0.2, 0.25) is 0 Å². The minimum Gasteiger partial charge on any atom is -0.494 e. The molecule has 0 unspecified atom stereocenters. The Morgan fingerprint density at radius 3 is 2.93 bits per heavy atom. The van der Waals surface area contributed by atoms with E-state index in [-0.39, 0.29) is 0 Å². The zero-order valence-corrected chi connectivity index (χ0v) is 17.8. The summed E-state index contributed by atoms with van der Waals surface area (Å²) in [5.41, 5.74) is 6.94. The number of allylic oxidation sites excluding steroid dienone is 1. The normalized spacial score (nSPS) is 21.2. The van der Waals surface area contributed by atoms with Gasteiger partial charge in [-0.15, -0.1) is 0 Å². The van der Waals surface area contributed by atoms with Crippen molar-refractivity contribution >= 4 is 11.8 Å². The lowest BCUT2D eigenvalue weighted by molar-refractivity contribution is 0.303. The van der Waals surface area contributed by atoms with Crippen LogP contribution in [0.25, 0.3) is 6.08 Å². The van der Waals surface area contributed by atoms with Crippen LogP contribution < -0.4 is 0 Å². The number of nitrogens with zero attached hydrogens (tertiary/aromatic N) is 1. The maximum atomic E-state index is 5.61. The Labute approximate surface area is 174 Å². The number of hydrogen-bond acceptors (Lipinski definition) is 2. The summed E-state index contributed by atoms with van der Waals surface area (Å²) < 4.78 is 5.61. The maximum absolute atomic E-state index is 5.61. The summed E-state index contributed by atoms with van der Waals surface area (Å²) in [4.78, 5) is 11.8. The predicted molar refractivity (Wildman–Crippen MR) is 120 cm³/mol. The quantitative estimate of drug-likeness (QED) is 0.580. The molecule has 4 rings (SSSR count). The van der Waals surface area contributed by atoms with E-state index in [1.165, 1.54) is 57.1 Å². The number of methoxy groups -OCH3 is 1. The SMILES string of the molecule is CCCC[C@H]1CCCCCCc2[nH]c(C=C3N=C(c4ccc[nH]4)C=C3OC)cc21. The van der Waals surface area contributed by atoms with Gasteiger partial charge in [0.05, 0.1) is 18.5 Å². The van der Waals surface area contributed by atoms with E-state index in [2.05, 4.69) is 29.0 Å². The van der Waals surface area contributed by atoms with Crippen molar-refractivity contribution in [2.45, 2.75) is 70.6 Å². The maximum Gasteiger partial charge on any atom is 0.146 e. The van der Waals surface area contributed by atoms with Gasteiger partial charge in [0, 0.05) is 23.7 Å². The van der Waals surface area contributed by atoms with Gasteiger partial charge in [0.2, 0.25) is 0 Å². The highest BCUT2D eigenvalue weighted by atomic mass is 16.5. The van der Waals surface area contributed by atoms with Gasteiger partial charge >= 0.3 is 0 Å². The van der Waals surface area contributed by atoms with Gasteiger partial charge in [0.25, 0.3) is 0 Å². The zero-order chi connectivity index (χ0) is 20.1. The summed E-state index contributed by atoms with van der Waals surface area (Å²) in [6.45, 7) is 2.29. The third-order valence-electron chi connectivity index (χ3n) is 6.18. The van der Waals surface area contributed by atoms with E-state index in [4.69, 9.17) is 9.73 Å². The lowest BCUT2D eigenvalue weighted by Gasteiger charge is -2.16. The van der Waals surface area contributed by atoms with Crippen LogP contribution in [0.5, 0.6) is 0 Å². The highest BCUT2D eigenvalue weighted by molar-refractivity contribution is 6.11. The minimum absolute atomic E-state index is 0.686. The van der Waals surface area contributed by atoms with E-state index in [9.17, 15) is 0 Å². The summed E-state index contributed by atoms with van der Waals surface area (Å²) in [5, 5.41) is 0. The molecule has 0 amide bonds. The number of rotatable bonds is 6. The Kier molecular flexibility index (Phi) is 6.38. The van der Waals surface area contributed by atoms with Crippen LogP contribution in [0, 0.1) is 0 Å². The van der Waals surface area contributed by atoms with Crippen molar-refractivity contribution in [1.29, 1.82) is 0 Å². The van der Waals surface area contributed by atoms with Gasteiger partial charge in [-0.3, -0.25) is 0 Å². The van der Waals surface area contributed by atoms with Crippen molar-refractivity contribution < 1.29 is 4.74 Å². The van der Waals surface area contributed by atoms with Crippen molar-refractivity contribution in [3.63, 3.8) is 0 Å². The molecule has 29 heavy (non-hydrogen) atoms. The van der Waals surface area contributed by atoms with Gasteiger partial charge < -0.3 is 14.7 Å². The molecule has 2 aromatic rings. The molecule has 0 radical (unpaired) electrons. The van der Waals surface area contributed by atoms with Crippen LogP contribution in [0.1, 0.15) is 86.9 Å². The predicted octanol–water partition coefficient (Wildman–Crippen LogP) is 6.50. The number of nitrogens with one attached hydrogen (secondary N) is 2. The largest absolute Gasteiger partial charge is 0.494 e. The fourth-order valence-electron chi connectivity index (χ4n) is 4.59. The van der Waals surface area contributed by atoms with Gasteiger partial charge in [0.15, 0.2) is 0 Å². The molecule has 0 saturated carbocycles. The molecule has 4 heteroatoms. The number of aliphatic imine (C=N–C) groups is 1. The van der Waals surface area contributed by atoms with Crippen molar-refractivity contribution in [3.05, 3.63) is 64.6 Å². The molecular formula is C25H33N3O. The monoisotopic (exact) mass is 391 g/mol. The van der Waals surface area contributed by atoms with Gasteiger partial charge in [0.1, 0.15) is 11.5 Å².